The van der Waals surface area contributed by atoms with E-state index in [0.717, 1.165) is 18.4 Å². The van der Waals surface area contributed by atoms with E-state index in [-0.39, 0.29) is 34.0 Å². The van der Waals surface area contributed by atoms with E-state index in [1.54, 1.807) is 0 Å². The third-order valence-electron chi connectivity index (χ3n) is 25.2. The lowest BCUT2D eigenvalue weighted by Crippen LogP contribution is -2.67. The first kappa shape index (κ1) is 76.1. The predicted molar refractivity (Wildman–Crippen MR) is 322 cm³/mol. The molecular formula is C65H106O32. The van der Waals surface area contributed by atoms with Crippen molar-refractivity contribution in [3.8, 4) is 0 Å². The zero-order valence-corrected chi connectivity index (χ0v) is 55.7. The Labute approximate surface area is 561 Å². The number of ether oxygens (including phenoxy) is 12. The summed E-state index contributed by atoms with van der Waals surface area (Å²) in [5.41, 5.74) is -1.87. The van der Waals surface area contributed by atoms with Gasteiger partial charge in [-0.25, -0.2) is 0 Å². The second-order valence-electron chi connectivity index (χ2n) is 31.5. The van der Waals surface area contributed by atoms with Crippen LogP contribution in [0.25, 0.3) is 0 Å². The third-order valence-corrected chi connectivity index (χ3v) is 25.2. The van der Waals surface area contributed by atoms with Crippen molar-refractivity contribution in [2.45, 2.75) is 297 Å². The van der Waals surface area contributed by atoms with Gasteiger partial charge in [0.15, 0.2) is 31.5 Å². The lowest BCUT2D eigenvalue weighted by atomic mass is 9.33. The number of carbonyl (C=O) groups excluding carboxylic acids is 1. The van der Waals surface area contributed by atoms with Gasteiger partial charge >= 0.3 is 5.97 Å². The molecule has 6 aliphatic heterocycles. The number of aliphatic hydroxyl groups is 19. The van der Waals surface area contributed by atoms with Gasteiger partial charge in [-0.2, -0.15) is 0 Å². The second-order valence-corrected chi connectivity index (χ2v) is 31.5. The zero-order valence-electron chi connectivity index (χ0n) is 55.7. The van der Waals surface area contributed by atoms with Crippen LogP contribution in [0.2, 0.25) is 0 Å². The molecule has 5 aliphatic carbocycles. The highest BCUT2D eigenvalue weighted by atomic mass is 16.8. The Hall–Kier alpha value is -1.99. The fourth-order valence-corrected chi connectivity index (χ4v) is 19.0. The molecule has 97 heavy (non-hydrogen) atoms. The van der Waals surface area contributed by atoms with Crippen LogP contribution in [0.5, 0.6) is 0 Å². The molecule has 11 rings (SSSR count). The summed E-state index contributed by atoms with van der Waals surface area (Å²) in [7, 11) is 0. The van der Waals surface area contributed by atoms with Crippen molar-refractivity contribution in [3.63, 3.8) is 0 Å². The minimum Gasteiger partial charge on any atom is -0.432 e. The highest BCUT2D eigenvalue weighted by molar-refractivity contribution is 5.79. The third kappa shape index (κ3) is 13.4. The normalized spacial score (nSPS) is 53.7. The monoisotopic (exact) mass is 1400 g/mol. The van der Waals surface area contributed by atoms with E-state index in [1.165, 1.54) is 0 Å². The Bertz CT molecular complexity index is 2710. The molecule has 37 atom stereocenters. The number of rotatable bonds is 17. The molecule has 37 unspecified atom stereocenters. The molecule has 10 fully saturated rings. The van der Waals surface area contributed by atoms with E-state index >= 15 is 4.79 Å². The molecule has 0 radical (unpaired) electrons. The van der Waals surface area contributed by atoms with Gasteiger partial charge in [-0.1, -0.05) is 60.1 Å². The van der Waals surface area contributed by atoms with Crippen LogP contribution >= 0.6 is 0 Å². The molecule has 6 heterocycles. The van der Waals surface area contributed by atoms with Gasteiger partial charge in [-0.15, -0.1) is 0 Å². The zero-order chi connectivity index (χ0) is 70.7. The minimum absolute atomic E-state index is 0.0110. The van der Waals surface area contributed by atoms with Crippen LogP contribution < -0.4 is 0 Å². The van der Waals surface area contributed by atoms with Crippen molar-refractivity contribution >= 4 is 5.97 Å². The maximum Gasteiger partial charge on any atom is 0.315 e. The second kappa shape index (κ2) is 28.8. The Morgan fingerprint density at radius 2 is 0.907 bits per heavy atom. The molecule has 4 saturated carbocycles. The summed E-state index contributed by atoms with van der Waals surface area (Å²) < 4.78 is 72.2. The van der Waals surface area contributed by atoms with Crippen molar-refractivity contribution in [2.24, 2.45) is 50.2 Å². The van der Waals surface area contributed by atoms with Gasteiger partial charge in [0, 0.05) is 0 Å². The fourth-order valence-electron chi connectivity index (χ4n) is 19.0. The standard InChI is InChI=1S/C65H106O32/c1-60(2)14-16-65(59(85)97-57-50(84)45(79)40(74)32(93-57)24-88-54-47(81)42(76)37(71)29(20-67)90-54)17-15-63(6)25(26(65)18-60)8-9-34-62(5)12-11-35(61(3,4)33(62)10-13-64(34,63)7)94-58-52(51(27(69)22-86-58)95-55-48(82)43(77)38(72)30(21-68)91-55)96-56-49(83)44(78)39(73)31(92-56)23-87-53-46(80)41(75)36(70)28(19-66)89-53/h8,26-58,66-84H,9-24H2,1-7H3. The number of fused-ring (bicyclic) bond motifs is 7. The molecule has 0 amide bonds. The Morgan fingerprint density at radius 3 is 1.42 bits per heavy atom. The lowest BCUT2D eigenvalue weighted by molar-refractivity contribution is -0.391. The SMILES string of the molecule is CC1(C)CCC2(C(=O)OC3OC(COC4OC(CO)C(O)C(O)C4O)C(O)C(O)C3O)CCC3(C)C(=CCC4C5(C)CCC(OC6OCC(O)C(OC7OC(CO)C(O)C(O)C7O)C6OC6OC(COC7OC(CO)C(O)C(O)C7O)C(O)C(O)C6O)C(C)(C)C5CCC43C)C2C1. The van der Waals surface area contributed by atoms with E-state index in [0.29, 0.717) is 51.4 Å². The molecule has 6 saturated heterocycles. The van der Waals surface area contributed by atoms with Crippen molar-refractivity contribution in [2.75, 3.05) is 39.6 Å². The van der Waals surface area contributed by atoms with Crippen LogP contribution in [0, 0.1) is 50.2 Å². The molecule has 11 aliphatic rings. The molecular weight excluding hydrogens is 1290 g/mol. The highest BCUT2D eigenvalue weighted by Crippen LogP contribution is 2.76. The number of allylic oxidation sites excluding steroid dienone is 2. The first-order valence-corrected chi connectivity index (χ1v) is 34.3. The topological polar surface area (TPSA) is 512 Å². The van der Waals surface area contributed by atoms with Crippen molar-refractivity contribution < 1.29 is 159 Å². The smallest absolute Gasteiger partial charge is 0.315 e. The van der Waals surface area contributed by atoms with Crippen molar-refractivity contribution in [1.29, 1.82) is 0 Å². The summed E-state index contributed by atoms with van der Waals surface area (Å²) in [6.45, 7) is 11.5. The maximum absolute atomic E-state index is 15.3. The fraction of sp³-hybridized carbons (Fsp3) is 0.954. The molecule has 32 nitrogen and oxygen atoms in total. The average Bonchev–Trinajstić information content (AvgIpc) is 0.676. The van der Waals surface area contributed by atoms with Crippen LogP contribution in [0.3, 0.4) is 0 Å². The van der Waals surface area contributed by atoms with Crippen LogP contribution in [-0.4, -0.2) is 327 Å². The number of hydrogen-bond acceptors (Lipinski definition) is 32. The number of carbonyl (C=O) groups is 1. The van der Waals surface area contributed by atoms with Crippen LogP contribution in [0.4, 0.5) is 0 Å². The minimum atomic E-state index is -2.05. The van der Waals surface area contributed by atoms with Gasteiger partial charge in [0.2, 0.25) is 6.29 Å². The molecule has 32 heteroatoms. The molecule has 558 valence electrons. The summed E-state index contributed by atoms with van der Waals surface area (Å²) in [4.78, 5) is 15.3. The van der Waals surface area contributed by atoms with Gasteiger partial charge in [0.1, 0.15) is 140 Å². The van der Waals surface area contributed by atoms with Gasteiger partial charge in [-0.05, 0) is 109 Å². The summed E-state index contributed by atoms with van der Waals surface area (Å²) in [6, 6.07) is 0. The summed E-state index contributed by atoms with van der Waals surface area (Å²) in [5, 5.41) is 204. The molecule has 0 aromatic carbocycles. The van der Waals surface area contributed by atoms with Gasteiger partial charge in [0.25, 0.3) is 0 Å². The largest absolute Gasteiger partial charge is 0.432 e. The summed E-state index contributed by atoms with van der Waals surface area (Å²) in [5.74, 6) is -0.848. The van der Waals surface area contributed by atoms with Gasteiger partial charge in [-0.3, -0.25) is 4.79 Å². The first-order chi connectivity index (χ1) is 45.5. The van der Waals surface area contributed by atoms with Crippen molar-refractivity contribution in [3.05, 3.63) is 11.6 Å². The van der Waals surface area contributed by atoms with Crippen molar-refractivity contribution in [1.82, 2.24) is 0 Å². The molecule has 0 spiro atoms. The maximum atomic E-state index is 15.3. The number of hydrogen-bond donors (Lipinski definition) is 19. The van der Waals surface area contributed by atoms with Crippen LogP contribution in [0.15, 0.2) is 11.6 Å². The van der Waals surface area contributed by atoms with E-state index in [2.05, 4.69) is 54.5 Å². The van der Waals surface area contributed by atoms with Gasteiger partial charge < -0.3 is 154 Å². The quantitative estimate of drug-likeness (QED) is 0.0366. The Morgan fingerprint density at radius 1 is 0.464 bits per heavy atom. The van der Waals surface area contributed by atoms with Crippen LogP contribution in [0.1, 0.15) is 113 Å². The van der Waals surface area contributed by atoms with E-state index < -0.39 is 246 Å². The lowest BCUT2D eigenvalue weighted by Gasteiger charge is -2.71. The summed E-state index contributed by atoms with van der Waals surface area (Å²) in [6.07, 6.45) is -42.5. The van der Waals surface area contributed by atoms with E-state index in [9.17, 15) is 97.0 Å². The average molecular weight is 1400 g/mol. The molecule has 0 aromatic heterocycles. The predicted octanol–water partition coefficient (Wildman–Crippen LogP) is -5.75. The highest BCUT2D eigenvalue weighted by Gasteiger charge is 2.71. The molecule has 0 bridgehead atoms. The molecule has 19 N–H and O–H groups in total. The Kier molecular flexibility index (Phi) is 22.6. The van der Waals surface area contributed by atoms with Gasteiger partial charge in [0.05, 0.1) is 51.2 Å². The number of esters is 1. The molecule has 0 aromatic rings. The van der Waals surface area contributed by atoms with Crippen LogP contribution in [-0.2, 0) is 61.6 Å². The van der Waals surface area contributed by atoms with E-state index in [1.807, 2.05) is 0 Å². The first-order valence-electron chi connectivity index (χ1n) is 34.3. The van der Waals surface area contributed by atoms with E-state index in [4.69, 9.17) is 56.8 Å². The Balaban J connectivity index is 0.822. The summed E-state index contributed by atoms with van der Waals surface area (Å²) >= 11 is 0. The number of aliphatic hydroxyl groups excluding tert-OH is 19.